The van der Waals surface area contributed by atoms with Crippen LogP contribution in [0, 0.1) is 5.92 Å². The Bertz CT molecular complexity index is 417. The van der Waals surface area contributed by atoms with Gasteiger partial charge in [-0.25, -0.2) is 4.98 Å². The van der Waals surface area contributed by atoms with Gasteiger partial charge in [0.05, 0.1) is 7.11 Å². The number of nitrogens with one attached hydrogen (secondary N) is 1. The van der Waals surface area contributed by atoms with Crippen LogP contribution in [0.2, 0.25) is 0 Å². The van der Waals surface area contributed by atoms with Crippen molar-refractivity contribution in [3.63, 3.8) is 0 Å². The van der Waals surface area contributed by atoms with Crippen molar-refractivity contribution in [3.05, 3.63) is 23.9 Å². The Labute approximate surface area is 150 Å². The number of hydrogen-bond acceptors (Lipinski definition) is 5. The van der Waals surface area contributed by atoms with Gasteiger partial charge in [-0.1, -0.05) is 6.07 Å². The lowest BCUT2D eigenvalue weighted by molar-refractivity contribution is 0.0212. The monoisotopic (exact) mass is 363 g/mol. The highest BCUT2D eigenvalue weighted by Crippen LogP contribution is 2.35. The minimum absolute atomic E-state index is 0. The minimum atomic E-state index is 0. The van der Waals surface area contributed by atoms with Crippen LogP contribution in [0.5, 0.6) is 5.88 Å². The fourth-order valence-electron chi connectivity index (χ4n) is 3.46. The molecule has 0 unspecified atom stereocenters. The molecule has 23 heavy (non-hydrogen) atoms. The predicted octanol–water partition coefficient (Wildman–Crippen LogP) is 2.31. The fraction of sp³-hybridized carbons (Fsp3) is 0.688. The number of pyridine rings is 1. The smallest absolute Gasteiger partial charge is 0.212 e. The number of methoxy groups -OCH3 is 1. The largest absolute Gasteiger partial charge is 0.481 e. The summed E-state index contributed by atoms with van der Waals surface area (Å²) < 4.78 is 10.7. The van der Waals surface area contributed by atoms with Crippen LogP contribution in [0.1, 0.15) is 24.4 Å². The molecule has 0 bridgehead atoms. The van der Waals surface area contributed by atoms with E-state index in [9.17, 15) is 0 Å². The summed E-state index contributed by atoms with van der Waals surface area (Å²) in [6.07, 6.45) is 4.27. The van der Waals surface area contributed by atoms with Gasteiger partial charge in [0.15, 0.2) is 0 Å². The molecule has 0 spiro atoms. The van der Waals surface area contributed by atoms with Crippen molar-refractivity contribution in [2.75, 3.05) is 46.5 Å². The van der Waals surface area contributed by atoms with E-state index in [1.807, 2.05) is 12.3 Å². The van der Waals surface area contributed by atoms with Crippen LogP contribution < -0.4 is 10.1 Å². The zero-order valence-electron chi connectivity index (χ0n) is 13.6. The number of piperazine rings is 1. The molecule has 7 heteroatoms. The maximum atomic E-state index is 5.54. The molecule has 5 nitrogen and oxygen atoms in total. The maximum absolute atomic E-state index is 5.54. The molecule has 132 valence electrons. The van der Waals surface area contributed by atoms with Crippen LogP contribution in [0.25, 0.3) is 0 Å². The van der Waals surface area contributed by atoms with E-state index in [0.29, 0.717) is 17.8 Å². The van der Waals surface area contributed by atoms with E-state index in [2.05, 4.69) is 21.3 Å². The summed E-state index contributed by atoms with van der Waals surface area (Å²) in [5, 5.41) is 3.44. The third-order valence-electron chi connectivity index (χ3n) is 4.57. The lowest BCUT2D eigenvalue weighted by atomic mass is 9.86. The van der Waals surface area contributed by atoms with Crippen molar-refractivity contribution in [2.45, 2.75) is 18.9 Å². The second kappa shape index (κ2) is 10.3. The summed E-state index contributed by atoms with van der Waals surface area (Å²) in [6.45, 7) is 6.13. The Balaban J connectivity index is 0.00000132. The molecule has 3 rings (SSSR count). The third-order valence-corrected chi connectivity index (χ3v) is 4.57. The summed E-state index contributed by atoms with van der Waals surface area (Å²) in [5.74, 6) is 1.34. The van der Waals surface area contributed by atoms with Crippen LogP contribution in [0.4, 0.5) is 0 Å². The van der Waals surface area contributed by atoms with E-state index in [1.165, 1.54) is 5.56 Å². The molecule has 0 aromatic carbocycles. The molecule has 2 fully saturated rings. The highest BCUT2D eigenvalue weighted by Gasteiger charge is 2.31. The average molecular weight is 364 g/mol. The fourth-order valence-corrected chi connectivity index (χ4v) is 3.46. The summed E-state index contributed by atoms with van der Waals surface area (Å²) in [4.78, 5) is 7.02. The van der Waals surface area contributed by atoms with Gasteiger partial charge in [0, 0.05) is 57.7 Å². The van der Waals surface area contributed by atoms with Crippen molar-refractivity contribution in [1.82, 2.24) is 15.2 Å². The standard InChI is InChI=1S/C16H25N3O2.2ClH/c1-20-15-3-2-14(12-18-15)16(13-4-10-21-11-5-13)19-8-6-17-7-9-19;;/h2-3,12-13,16-17H,4-11H2,1H3;2*1H/t16-;;/m1../s1. The van der Waals surface area contributed by atoms with Crippen molar-refractivity contribution < 1.29 is 9.47 Å². The van der Waals surface area contributed by atoms with Gasteiger partial charge in [0.1, 0.15) is 0 Å². The first-order chi connectivity index (χ1) is 10.4. The van der Waals surface area contributed by atoms with Gasteiger partial charge in [-0.3, -0.25) is 4.90 Å². The van der Waals surface area contributed by atoms with E-state index in [0.717, 1.165) is 52.2 Å². The number of halogens is 2. The molecule has 1 aromatic rings. The maximum Gasteiger partial charge on any atom is 0.212 e. The molecule has 2 aliphatic rings. The molecule has 1 N–H and O–H groups in total. The van der Waals surface area contributed by atoms with E-state index >= 15 is 0 Å². The van der Waals surface area contributed by atoms with Crippen molar-refractivity contribution in [3.8, 4) is 5.88 Å². The highest BCUT2D eigenvalue weighted by atomic mass is 35.5. The molecule has 0 aliphatic carbocycles. The molecular formula is C16H27Cl2N3O2. The van der Waals surface area contributed by atoms with Gasteiger partial charge < -0.3 is 14.8 Å². The van der Waals surface area contributed by atoms with E-state index < -0.39 is 0 Å². The molecule has 0 radical (unpaired) electrons. The lowest BCUT2D eigenvalue weighted by Crippen LogP contribution is -2.47. The molecule has 0 amide bonds. The molecular weight excluding hydrogens is 337 g/mol. The summed E-state index contributed by atoms with van der Waals surface area (Å²) in [7, 11) is 1.66. The first-order valence-electron chi connectivity index (χ1n) is 7.91. The van der Waals surface area contributed by atoms with Gasteiger partial charge in [-0.15, -0.1) is 24.8 Å². The summed E-state index contributed by atoms with van der Waals surface area (Å²) >= 11 is 0. The van der Waals surface area contributed by atoms with E-state index in [-0.39, 0.29) is 24.8 Å². The number of nitrogens with zero attached hydrogens (tertiary/aromatic N) is 2. The van der Waals surface area contributed by atoms with Crippen LogP contribution in [-0.4, -0.2) is 56.4 Å². The first-order valence-corrected chi connectivity index (χ1v) is 7.91. The minimum Gasteiger partial charge on any atom is -0.481 e. The Morgan fingerprint density at radius 2 is 1.91 bits per heavy atom. The molecule has 1 atom stereocenters. The van der Waals surface area contributed by atoms with Crippen LogP contribution in [0.3, 0.4) is 0 Å². The molecule has 2 saturated heterocycles. The van der Waals surface area contributed by atoms with Crippen molar-refractivity contribution in [2.24, 2.45) is 5.92 Å². The Kier molecular flexibility index (Phi) is 9.17. The van der Waals surface area contributed by atoms with E-state index in [1.54, 1.807) is 7.11 Å². The number of rotatable bonds is 4. The third kappa shape index (κ3) is 5.19. The van der Waals surface area contributed by atoms with Crippen LogP contribution in [0.15, 0.2) is 18.3 Å². The second-order valence-corrected chi connectivity index (χ2v) is 5.81. The predicted molar refractivity (Wildman–Crippen MR) is 96.0 cm³/mol. The topological polar surface area (TPSA) is 46.6 Å². The zero-order chi connectivity index (χ0) is 14.5. The number of aromatic nitrogens is 1. The lowest BCUT2D eigenvalue weighted by Gasteiger charge is -2.41. The average Bonchev–Trinajstić information content (AvgIpc) is 2.58. The molecule has 0 saturated carbocycles. The second-order valence-electron chi connectivity index (χ2n) is 5.81. The SMILES string of the molecule is COc1ccc([C@@H](C2CCOCC2)N2CCNCC2)cn1.Cl.Cl. The highest BCUT2D eigenvalue weighted by molar-refractivity contribution is 5.85. The van der Waals surface area contributed by atoms with Gasteiger partial charge in [0.2, 0.25) is 5.88 Å². The normalized spacial score (nSPS) is 20.9. The van der Waals surface area contributed by atoms with Crippen LogP contribution in [-0.2, 0) is 4.74 Å². The van der Waals surface area contributed by atoms with Gasteiger partial charge in [0.25, 0.3) is 0 Å². The summed E-state index contributed by atoms with van der Waals surface area (Å²) in [6, 6.07) is 4.60. The zero-order valence-corrected chi connectivity index (χ0v) is 15.2. The Morgan fingerprint density at radius 3 is 2.48 bits per heavy atom. The van der Waals surface area contributed by atoms with Gasteiger partial charge in [-0.2, -0.15) is 0 Å². The van der Waals surface area contributed by atoms with Gasteiger partial charge >= 0.3 is 0 Å². The number of ether oxygens (including phenoxy) is 2. The molecule has 3 heterocycles. The van der Waals surface area contributed by atoms with Crippen molar-refractivity contribution >= 4 is 24.8 Å². The first kappa shape index (κ1) is 20.5. The molecule has 1 aromatic heterocycles. The Morgan fingerprint density at radius 1 is 1.22 bits per heavy atom. The van der Waals surface area contributed by atoms with Crippen LogP contribution >= 0.6 is 24.8 Å². The molecule has 2 aliphatic heterocycles. The van der Waals surface area contributed by atoms with Gasteiger partial charge in [-0.05, 0) is 24.3 Å². The summed E-state index contributed by atoms with van der Waals surface area (Å²) in [5.41, 5.74) is 1.31. The Hall–Kier alpha value is -0.590. The van der Waals surface area contributed by atoms with Crippen molar-refractivity contribution in [1.29, 1.82) is 0 Å². The number of hydrogen-bond donors (Lipinski definition) is 1. The quantitative estimate of drug-likeness (QED) is 0.889. The van der Waals surface area contributed by atoms with E-state index in [4.69, 9.17) is 9.47 Å².